The van der Waals surface area contributed by atoms with Crippen molar-refractivity contribution in [2.75, 3.05) is 12.0 Å². The molecule has 4 nitrogen and oxygen atoms in total. The average Bonchev–Trinajstić information content (AvgIpc) is 2.51. The molecule has 134 valence electrons. The number of nitrogens with one attached hydrogen (secondary N) is 2. The standard InChI is InChI=1S/C21H28N2O2/c1-14-8-10-19(17(11-14)21(4,5)6)25-13-22-20(24)23-18-12-15(2)7-9-16(18)3/h7-12H,13H2,1-6H3,(H2,22,23,24). The van der Waals surface area contributed by atoms with Crippen molar-refractivity contribution in [1.82, 2.24) is 5.32 Å². The molecule has 2 aromatic rings. The molecule has 0 bridgehead atoms. The Hall–Kier alpha value is -2.49. The van der Waals surface area contributed by atoms with Crippen molar-refractivity contribution < 1.29 is 9.53 Å². The van der Waals surface area contributed by atoms with Gasteiger partial charge in [0.25, 0.3) is 0 Å². The van der Waals surface area contributed by atoms with E-state index >= 15 is 0 Å². The van der Waals surface area contributed by atoms with Crippen LogP contribution in [0, 0.1) is 20.8 Å². The number of anilines is 1. The van der Waals surface area contributed by atoms with Crippen molar-refractivity contribution >= 4 is 11.7 Å². The maximum atomic E-state index is 12.1. The molecule has 0 unspecified atom stereocenters. The minimum Gasteiger partial charge on any atom is -0.473 e. The maximum Gasteiger partial charge on any atom is 0.321 e. The van der Waals surface area contributed by atoms with E-state index in [4.69, 9.17) is 4.74 Å². The molecule has 0 aliphatic carbocycles. The van der Waals surface area contributed by atoms with Crippen LogP contribution >= 0.6 is 0 Å². The van der Waals surface area contributed by atoms with E-state index in [2.05, 4.69) is 44.4 Å². The molecular formula is C21H28N2O2. The van der Waals surface area contributed by atoms with Crippen molar-refractivity contribution in [1.29, 1.82) is 0 Å². The fraction of sp³-hybridized carbons (Fsp3) is 0.381. The summed E-state index contributed by atoms with van der Waals surface area (Å²) in [4.78, 5) is 12.1. The molecule has 0 atom stereocenters. The Morgan fingerprint density at radius 3 is 2.32 bits per heavy atom. The molecule has 2 N–H and O–H groups in total. The van der Waals surface area contributed by atoms with Crippen LogP contribution in [0.15, 0.2) is 36.4 Å². The lowest BCUT2D eigenvalue weighted by molar-refractivity contribution is 0.233. The zero-order chi connectivity index (χ0) is 18.6. The van der Waals surface area contributed by atoms with E-state index in [9.17, 15) is 4.79 Å². The molecule has 0 radical (unpaired) electrons. The first kappa shape index (κ1) is 18.8. The van der Waals surface area contributed by atoms with Crippen molar-refractivity contribution in [2.45, 2.75) is 47.0 Å². The molecule has 0 saturated heterocycles. The number of benzene rings is 2. The van der Waals surface area contributed by atoms with Gasteiger partial charge in [-0.15, -0.1) is 0 Å². The lowest BCUT2D eigenvalue weighted by atomic mass is 9.85. The van der Waals surface area contributed by atoms with Gasteiger partial charge in [-0.2, -0.15) is 0 Å². The molecule has 0 saturated carbocycles. The Balaban J connectivity index is 1.97. The molecule has 0 fully saturated rings. The average molecular weight is 340 g/mol. The fourth-order valence-electron chi connectivity index (χ4n) is 2.57. The monoisotopic (exact) mass is 340 g/mol. The second kappa shape index (κ2) is 7.60. The summed E-state index contributed by atoms with van der Waals surface area (Å²) in [5, 5.41) is 5.61. The Morgan fingerprint density at radius 2 is 1.64 bits per heavy atom. The van der Waals surface area contributed by atoms with Gasteiger partial charge in [-0.05, 0) is 55.0 Å². The van der Waals surface area contributed by atoms with Crippen molar-refractivity contribution in [3.8, 4) is 5.75 Å². The summed E-state index contributed by atoms with van der Waals surface area (Å²) >= 11 is 0. The van der Waals surface area contributed by atoms with E-state index in [0.717, 1.165) is 28.1 Å². The number of urea groups is 1. The molecule has 0 spiro atoms. The van der Waals surface area contributed by atoms with Crippen LogP contribution in [0.5, 0.6) is 5.75 Å². The summed E-state index contributed by atoms with van der Waals surface area (Å²) in [6, 6.07) is 11.8. The van der Waals surface area contributed by atoms with Gasteiger partial charge in [-0.3, -0.25) is 0 Å². The Labute approximate surface area is 150 Å². The van der Waals surface area contributed by atoms with Gasteiger partial charge < -0.3 is 15.4 Å². The van der Waals surface area contributed by atoms with E-state index in [0.29, 0.717) is 0 Å². The second-order valence-corrected chi connectivity index (χ2v) is 7.49. The molecule has 0 aliphatic heterocycles. The predicted octanol–water partition coefficient (Wildman–Crippen LogP) is 5.07. The molecule has 0 aromatic heterocycles. The quantitative estimate of drug-likeness (QED) is 0.764. The molecular weight excluding hydrogens is 312 g/mol. The summed E-state index contributed by atoms with van der Waals surface area (Å²) < 4.78 is 5.81. The summed E-state index contributed by atoms with van der Waals surface area (Å²) in [6.45, 7) is 12.6. The van der Waals surface area contributed by atoms with Crippen LogP contribution in [-0.2, 0) is 5.41 Å². The zero-order valence-electron chi connectivity index (χ0n) is 16.0. The first-order valence-electron chi connectivity index (χ1n) is 8.53. The van der Waals surface area contributed by atoms with Crippen LogP contribution in [0.4, 0.5) is 10.5 Å². The van der Waals surface area contributed by atoms with Crippen LogP contribution in [0.25, 0.3) is 0 Å². The van der Waals surface area contributed by atoms with Gasteiger partial charge >= 0.3 is 6.03 Å². The number of hydrogen-bond donors (Lipinski definition) is 2. The molecule has 0 aliphatic rings. The second-order valence-electron chi connectivity index (χ2n) is 7.49. The van der Waals surface area contributed by atoms with Gasteiger partial charge in [-0.25, -0.2) is 4.79 Å². The minimum absolute atomic E-state index is 0.0255. The lowest BCUT2D eigenvalue weighted by Gasteiger charge is -2.23. The number of hydrogen-bond acceptors (Lipinski definition) is 2. The normalized spacial score (nSPS) is 11.1. The number of carbonyl (C=O) groups excluding carboxylic acids is 1. The topological polar surface area (TPSA) is 50.4 Å². The van der Waals surface area contributed by atoms with E-state index < -0.39 is 0 Å². The van der Waals surface area contributed by atoms with Gasteiger partial charge in [0.2, 0.25) is 0 Å². The maximum absolute atomic E-state index is 12.1. The third-order valence-electron chi connectivity index (χ3n) is 4.04. The highest BCUT2D eigenvalue weighted by atomic mass is 16.5. The Morgan fingerprint density at radius 1 is 1.00 bits per heavy atom. The largest absolute Gasteiger partial charge is 0.473 e. The van der Waals surface area contributed by atoms with Gasteiger partial charge in [-0.1, -0.05) is 50.6 Å². The van der Waals surface area contributed by atoms with E-state index in [1.165, 1.54) is 5.56 Å². The van der Waals surface area contributed by atoms with Crippen LogP contribution in [0.1, 0.15) is 43.0 Å². The third kappa shape index (κ3) is 5.24. The highest BCUT2D eigenvalue weighted by Crippen LogP contribution is 2.32. The number of carbonyl (C=O) groups is 1. The van der Waals surface area contributed by atoms with Crippen LogP contribution in [0.2, 0.25) is 0 Å². The summed E-state index contributed by atoms with van der Waals surface area (Å²) in [7, 11) is 0. The summed E-state index contributed by atoms with van der Waals surface area (Å²) in [5.74, 6) is 0.796. The number of aryl methyl sites for hydroxylation is 3. The highest BCUT2D eigenvalue weighted by molar-refractivity contribution is 5.90. The van der Waals surface area contributed by atoms with E-state index in [1.54, 1.807) is 0 Å². The van der Waals surface area contributed by atoms with E-state index in [-0.39, 0.29) is 18.2 Å². The first-order chi connectivity index (χ1) is 11.7. The van der Waals surface area contributed by atoms with Gasteiger partial charge in [0, 0.05) is 5.69 Å². The molecule has 0 heterocycles. The van der Waals surface area contributed by atoms with E-state index in [1.807, 2.05) is 44.2 Å². The molecule has 2 amide bonds. The SMILES string of the molecule is Cc1ccc(C)c(NC(=O)NCOc2ccc(C)cc2C(C)(C)C)c1. The molecule has 2 rings (SSSR count). The smallest absolute Gasteiger partial charge is 0.321 e. The molecule has 2 aromatic carbocycles. The van der Waals surface area contributed by atoms with Crippen molar-refractivity contribution in [3.05, 3.63) is 58.7 Å². The number of amides is 2. The first-order valence-corrected chi connectivity index (χ1v) is 8.53. The van der Waals surface area contributed by atoms with Crippen LogP contribution in [0.3, 0.4) is 0 Å². The van der Waals surface area contributed by atoms with Gasteiger partial charge in [0.1, 0.15) is 5.75 Å². The molecule has 25 heavy (non-hydrogen) atoms. The van der Waals surface area contributed by atoms with Crippen molar-refractivity contribution in [2.24, 2.45) is 0 Å². The fourth-order valence-corrected chi connectivity index (χ4v) is 2.57. The van der Waals surface area contributed by atoms with Crippen LogP contribution < -0.4 is 15.4 Å². The number of ether oxygens (including phenoxy) is 1. The van der Waals surface area contributed by atoms with Crippen molar-refractivity contribution in [3.63, 3.8) is 0 Å². The van der Waals surface area contributed by atoms with Crippen LogP contribution in [-0.4, -0.2) is 12.8 Å². The van der Waals surface area contributed by atoms with Gasteiger partial charge in [0.05, 0.1) is 0 Å². The Bertz CT molecular complexity index is 761. The lowest BCUT2D eigenvalue weighted by Crippen LogP contribution is -2.32. The minimum atomic E-state index is -0.280. The molecule has 4 heteroatoms. The third-order valence-corrected chi connectivity index (χ3v) is 4.04. The Kier molecular flexibility index (Phi) is 5.73. The summed E-state index contributed by atoms with van der Waals surface area (Å²) in [5.41, 5.74) is 5.23. The zero-order valence-corrected chi connectivity index (χ0v) is 16.0. The number of rotatable bonds is 4. The highest BCUT2D eigenvalue weighted by Gasteiger charge is 2.19. The predicted molar refractivity (Wildman–Crippen MR) is 103 cm³/mol. The van der Waals surface area contributed by atoms with Gasteiger partial charge in [0.15, 0.2) is 6.73 Å². The summed E-state index contributed by atoms with van der Waals surface area (Å²) in [6.07, 6.45) is 0.